The third kappa shape index (κ3) is 5.75. The number of hydrogen-bond donors (Lipinski definition) is 1. The van der Waals surface area contributed by atoms with E-state index in [0.29, 0.717) is 26.9 Å². The summed E-state index contributed by atoms with van der Waals surface area (Å²) in [4.78, 5) is 31.6. The zero-order valence-electron chi connectivity index (χ0n) is 21.7. The van der Waals surface area contributed by atoms with Crippen LogP contribution in [0.4, 0.5) is 5.00 Å². The number of aromatic nitrogens is 1. The Morgan fingerprint density at radius 1 is 1.10 bits per heavy atom. The molecule has 2 aromatic carbocycles. The van der Waals surface area contributed by atoms with Crippen molar-refractivity contribution >= 4 is 40.0 Å². The number of nitriles is 1. The number of ether oxygens (including phenoxy) is 1. The van der Waals surface area contributed by atoms with Gasteiger partial charge in [0.05, 0.1) is 23.4 Å². The summed E-state index contributed by atoms with van der Waals surface area (Å²) in [5.41, 5.74) is 7.15. The maximum atomic E-state index is 13.0. The highest BCUT2D eigenvalue weighted by atomic mass is 32.2. The molecule has 0 radical (unpaired) electrons. The summed E-state index contributed by atoms with van der Waals surface area (Å²) in [6.07, 6.45) is 1.77. The van der Waals surface area contributed by atoms with Crippen molar-refractivity contribution in [2.75, 3.05) is 17.7 Å². The van der Waals surface area contributed by atoms with Crippen molar-refractivity contribution in [1.82, 2.24) is 4.98 Å². The highest BCUT2D eigenvalue weighted by Crippen LogP contribution is 2.45. The number of pyridine rings is 1. The number of aryl methyl sites for hydroxylation is 2. The van der Waals surface area contributed by atoms with Crippen LogP contribution in [-0.4, -0.2) is 29.2 Å². The van der Waals surface area contributed by atoms with Gasteiger partial charge in [-0.3, -0.25) is 4.79 Å². The molecule has 6 nitrogen and oxygen atoms in total. The molecule has 1 aliphatic carbocycles. The number of carbonyl (C=O) groups is 2. The fourth-order valence-electron chi connectivity index (χ4n) is 4.60. The molecule has 0 aliphatic heterocycles. The summed E-state index contributed by atoms with van der Waals surface area (Å²) in [6, 6.07) is 22.0. The van der Waals surface area contributed by atoms with Crippen LogP contribution in [0.2, 0.25) is 0 Å². The minimum Gasteiger partial charge on any atom is -0.462 e. The summed E-state index contributed by atoms with van der Waals surface area (Å²) in [5, 5.41) is 13.7. The van der Waals surface area contributed by atoms with Crippen molar-refractivity contribution in [3.8, 4) is 27.8 Å². The van der Waals surface area contributed by atoms with E-state index >= 15 is 0 Å². The van der Waals surface area contributed by atoms with E-state index in [4.69, 9.17) is 9.72 Å². The van der Waals surface area contributed by atoms with Crippen LogP contribution in [0.5, 0.6) is 0 Å². The maximum absolute atomic E-state index is 13.0. The summed E-state index contributed by atoms with van der Waals surface area (Å²) in [5.74, 6) is -0.170. The van der Waals surface area contributed by atoms with Crippen molar-refractivity contribution in [2.24, 2.45) is 0 Å². The number of anilines is 1. The van der Waals surface area contributed by atoms with E-state index in [1.165, 1.54) is 28.7 Å². The Kier molecular flexibility index (Phi) is 8.10. The molecule has 0 saturated heterocycles. The predicted molar refractivity (Wildman–Crippen MR) is 156 cm³/mol. The number of benzene rings is 2. The highest BCUT2D eigenvalue weighted by Gasteiger charge is 2.29. The smallest absolute Gasteiger partial charge is 0.341 e. The number of carbonyl (C=O) groups excluding carboxylic acids is 2. The summed E-state index contributed by atoms with van der Waals surface area (Å²) in [6.45, 7) is 4.07. The van der Waals surface area contributed by atoms with E-state index in [1.54, 1.807) is 13.0 Å². The van der Waals surface area contributed by atoms with Gasteiger partial charge in [0.25, 0.3) is 0 Å². The van der Waals surface area contributed by atoms with Gasteiger partial charge in [0.1, 0.15) is 16.1 Å². The molecule has 2 heterocycles. The van der Waals surface area contributed by atoms with Crippen molar-refractivity contribution in [3.63, 3.8) is 0 Å². The molecular formula is C31H27N3O3S2. The molecule has 0 spiro atoms. The Hall–Kier alpha value is -3.93. The first-order valence-corrected chi connectivity index (χ1v) is 14.6. The Labute approximate surface area is 236 Å². The van der Waals surface area contributed by atoms with Gasteiger partial charge in [-0.25, -0.2) is 9.78 Å². The Morgan fingerprint density at radius 2 is 1.90 bits per heavy atom. The normalized spacial score (nSPS) is 11.7. The Bertz CT molecular complexity index is 1590. The van der Waals surface area contributed by atoms with Crippen LogP contribution >= 0.6 is 23.1 Å². The third-order valence-corrected chi connectivity index (χ3v) is 8.72. The topological polar surface area (TPSA) is 92.1 Å². The number of hydrogen-bond acceptors (Lipinski definition) is 7. The number of fused-ring (bicyclic) bond motifs is 3. The van der Waals surface area contributed by atoms with Crippen molar-refractivity contribution in [2.45, 2.75) is 38.1 Å². The molecule has 1 aliphatic rings. The van der Waals surface area contributed by atoms with Gasteiger partial charge in [-0.1, -0.05) is 54.1 Å². The second-order valence-corrected chi connectivity index (χ2v) is 11.3. The van der Waals surface area contributed by atoms with E-state index in [0.717, 1.165) is 45.7 Å². The largest absolute Gasteiger partial charge is 0.462 e. The lowest BCUT2D eigenvalue weighted by Gasteiger charge is -2.16. The summed E-state index contributed by atoms with van der Waals surface area (Å²) < 4.78 is 5.35. The number of nitrogens with zero attached hydrogens (tertiary/aromatic N) is 2. The maximum Gasteiger partial charge on any atom is 0.341 e. The van der Waals surface area contributed by atoms with Gasteiger partial charge in [-0.15, -0.1) is 23.1 Å². The standard InChI is InChI=1S/C31H27N3O3S2/c1-3-37-31(36)27-24-14-12-20-6-4-5-7-23(20)28(24)39-30(27)34-26(35)16-17-38-29-22(18-32)13-15-25(33-29)21-10-8-19(2)9-11-21/h4-11,13,15H,3,12,14,16-17H2,1-2H3,(H,34,35). The van der Waals surface area contributed by atoms with Crippen molar-refractivity contribution in [1.29, 1.82) is 5.26 Å². The fourth-order valence-corrected chi connectivity index (χ4v) is 6.83. The predicted octanol–water partition coefficient (Wildman–Crippen LogP) is 7.05. The Balaban J connectivity index is 1.31. The van der Waals surface area contributed by atoms with Crippen molar-refractivity contribution < 1.29 is 14.3 Å². The second-order valence-electron chi connectivity index (χ2n) is 9.17. The van der Waals surface area contributed by atoms with Crippen LogP contribution in [0, 0.1) is 18.3 Å². The van der Waals surface area contributed by atoms with Gasteiger partial charge in [-0.05, 0) is 55.5 Å². The number of amides is 1. The van der Waals surface area contributed by atoms with Crippen LogP contribution in [0.25, 0.3) is 21.7 Å². The van der Waals surface area contributed by atoms with E-state index in [9.17, 15) is 14.9 Å². The van der Waals surface area contributed by atoms with Gasteiger partial charge in [0.2, 0.25) is 5.91 Å². The molecule has 1 amide bonds. The molecule has 8 heteroatoms. The molecule has 0 unspecified atom stereocenters. The number of thiophene rings is 1. The van der Waals surface area contributed by atoms with E-state index in [2.05, 4.69) is 23.5 Å². The van der Waals surface area contributed by atoms with E-state index in [-0.39, 0.29) is 18.9 Å². The van der Waals surface area contributed by atoms with Crippen LogP contribution in [0.15, 0.2) is 65.7 Å². The average molecular weight is 554 g/mol. The average Bonchev–Trinajstić information content (AvgIpc) is 3.32. The van der Waals surface area contributed by atoms with Crippen LogP contribution in [-0.2, 0) is 22.4 Å². The summed E-state index contributed by atoms with van der Waals surface area (Å²) in [7, 11) is 0. The molecule has 39 heavy (non-hydrogen) atoms. The zero-order chi connectivity index (χ0) is 27.4. The lowest BCUT2D eigenvalue weighted by Crippen LogP contribution is -2.16. The molecule has 0 fully saturated rings. The third-order valence-electron chi connectivity index (χ3n) is 6.54. The van der Waals surface area contributed by atoms with Crippen LogP contribution < -0.4 is 5.32 Å². The minimum atomic E-state index is -0.408. The molecule has 4 aromatic rings. The first kappa shape index (κ1) is 26.7. The van der Waals surface area contributed by atoms with E-state index < -0.39 is 5.97 Å². The molecule has 0 atom stereocenters. The van der Waals surface area contributed by atoms with Crippen molar-refractivity contribution in [3.05, 3.63) is 88.5 Å². The molecule has 0 saturated carbocycles. The van der Waals surface area contributed by atoms with Gasteiger partial charge in [0, 0.05) is 22.6 Å². The second kappa shape index (κ2) is 11.9. The van der Waals surface area contributed by atoms with E-state index in [1.807, 2.05) is 49.4 Å². The van der Waals surface area contributed by atoms with Crippen LogP contribution in [0.3, 0.4) is 0 Å². The number of thioether (sulfide) groups is 1. The lowest BCUT2D eigenvalue weighted by atomic mass is 9.89. The van der Waals surface area contributed by atoms with Crippen LogP contribution in [0.1, 0.15) is 46.0 Å². The first-order valence-electron chi connectivity index (χ1n) is 12.8. The number of nitrogens with one attached hydrogen (secondary N) is 1. The molecule has 196 valence electrons. The highest BCUT2D eigenvalue weighted by molar-refractivity contribution is 7.99. The molecular weight excluding hydrogens is 526 g/mol. The molecule has 5 rings (SSSR count). The molecule has 0 bridgehead atoms. The summed E-state index contributed by atoms with van der Waals surface area (Å²) >= 11 is 2.81. The molecule has 1 N–H and O–H groups in total. The minimum absolute atomic E-state index is 0.201. The number of esters is 1. The van der Waals surface area contributed by atoms with Gasteiger partial charge in [0.15, 0.2) is 0 Å². The van der Waals surface area contributed by atoms with Gasteiger partial charge in [-0.2, -0.15) is 5.26 Å². The molecule has 2 aromatic heterocycles. The number of rotatable bonds is 8. The lowest BCUT2D eigenvalue weighted by molar-refractivity contribution is -0.115. The first-order chi connectivity index (χ1) is 19.0. The quantitative estimate of drug-likeness (QED) is 0.186. The Morgan fingerprint density at radius 3 is 2.67 bits per heavy atom. The monoisotopic (exact) mass is 553 g/mol. The van der Waals surface area contributed by atoms with Gasteiger partial charge >= 0.3 is 5.97 Å². The fraction of sp³-hybridized carbons (Fsp3) is 0.226. The van der Waals surface area contributed by atoms with Gasteiger partial charge < -0.3 is 10.1 Å². The zero-order valence-corrected chi connectivity index (χ0v) is 23.4. The SMILES string of the molecule is CCOC(=O)c1c(NC(=O)CCSc2nc(-c3ccc(C)cc3)ccc2C#N)sc2c1CCc1ccccc1-2.